The van der Waals surface area contributed by atoms with E-state index in [0.717, 1.165) is 40.4 Å². The van der Waals surface area contributed by atoms with Crippen LogP contribution in [0.1, 0.15) is 52.5 Å². The monoisotopic (exact) mass is 598 g/mol. The van der Waals surface area contributed by atoms with Gasteiger partial charge in [-0.25, -0.2) is 19.7 Å². The molecule has 10 nitrogen and oxygen atoms in total. The number of carbonyl (C=O) groups excluding carboxylic acids is 1. The van der Waals surface area contributed by atoms with E-state index >= 15 is 0 Å². The number of nitrogens with one attached hydrogen (secondary N) is 2. The molecule has 2 aromatic carbocycles. The number of piperidine rings is 1. The number of aliphatic hydroxyl groups is 1. The lowest BCUT2D eigenvalue weighted by Crippen LogP contribution is -2.47. The molecule has 0 aliphatic carbocycles. The Morgan fingerprint density at radius 2 is 1.93 bits per heavy atom. The third-order valence-electron chi connectivity index (χ3n) is 7.52. The van der Waals surface area contributed by atoms with Gasteiger partial charge >= 0.3 is 6.09 Å². The fourth-order valence-corrected chi connectivity index (χ4v) is 5.21. The van der Waals surface area contributed by atoms with E-state index in [1.54, 1.807) is 17.3 Å². The van der Waals surface area contributed by atoms with Crippen LogP contribution < -0.4 is 15.4 Å². The number of benzene rings is 2. The van der Waals surface area contributed by atoms with Gasteiger partial charge in [0.2, 0.25) is 11.8 Å². The SMILES string of the molecule is CC[C@@H](O)CNc1cccc2c(Oc3ncccc3-c3ccnc(N[C@H]4CCCN(C(=O)OC(C)(C)C)C4)n3)c(C)ccc12. The zero-order valence-corrected chi connectivity index (χ0v) is 26.1. The van der Waals surface area contributed by atoms with Gasteiger partial charge in [0.05, 0.1) is 17.4 Å². The summed E-state index contributed by atoms with van der Waals surface area (Å²) in [7, 11) is 0. The second kappa shape index (κ2) is 13.5. The van der Waals surface area contributed by atoms with Crippen molar-refractivity contribution in [3.05, 3.63) is 66.5 Å². The second-order valence-electron chi connectivity index (χ2n) is 12.2. The van der Waals surface area contributed by atoms with Crippen molar-refractivity contribution in [2.75, 3.05) is 30.3 Å². The number of aryl methyl sites for hydroxylation is 1. The number of aromatic nitrogens is 3. The molecule has 2 atom stereocenters. The van der Waals surface area contributed by atoms with Crippen molar-refractivity contribution in [3.8, 4) is 22.9 Å². The van der Waals surface area contributed by atoms with Crippen molar-refractivity contribution in [3.63, 3.8) is 0 Å². The van der Waals surface area contributed by atoms with Gasteiger partial charge in [-0.2, -0.15) is 0 Å². The molecule has 0 spiro atoms. The third-order valence-corrected chi connectivity index (χ3v) is 7.52. The number of hydrogen-bond donors (Lipinski definition) is 3. The number of rotatable bonds is 9. The number of hydrogen-bond acceptors (Lipinski definition) is 9. The molecule has 3 N–H and O–H groups in total. The zero-order valence-electron chi connectivity index (χ0n) is 26.1. The molecule has 1 aliphatic rings. The first-order valence-electron chi connectivity index (χ1n) is 15.3. The van der Waals surface area contributed by atoms with Crippen molar-refractivity contribution >= 4 is 28.5 Å². The van der Waals surface area contributed by atoms with Crippen molar-refractivity contribution in [2.45, 2.75) is 71.6 Å². The van der Waals surface area contributed by atoms with Gasteiger partial charge < -0.3 is 30.1 Å². The highest BCUT2D eigenvalue weighted by molar-refractivity contribution is 5.98. The molecule has 0 unspecified atom stereocenters. The molecule has 1 fully saturated rings. The summed E-state index contributed by atoms with van der Waals surface area (Å²) in [5.41, 5.74) is 2.76. The topological polar surface area (TPSA) is 122 Å². The molecular weight excluding hydrogens is 556 g/mol. The first-order chi connectivity index (χ1) is 21.1. The van der Waals surface area contributed by atoms with Crippen LogP contribution in [0.15, 0.2) is 60.9 Å². The molecule has 232 valence electrons. The van der Waals surface area contributed by atoms with Gasteiger partial charge in [0, 0.05) is 54.5 Å². The minimum atomic E-state index is -0.541. The summed E-state index contributed by atoms with van der Waals surface area (Å²) in [6, 6.07) is 15.7. The molecule has 0 radical (unpaired) electrons. The Morgan fingerprint density at radius 1 is 1.09 bits per heavy atom. The van der Waals surface area contributed by atoms with Crippen LogP contribution in [0.5, 0.6) is 11.6 Å². The third kappa shape index (κ3) is 7.55. The Balaban J connectivity index is 1.37. The maximum Gasteiger partial charge on any atom is 0.410 e. The fraction of sp³-hybridized carbons (Fsp3) is 0.412. The first-order valence-corrected chi connectivity index (χ1v) is 15.3. The number of anilines is 2. The highest BCUT2D eigenvalue weighted by atomic mass is 16.6. The van der Waals surface area contributed by atoms with Crippen LogP contribution in [-0.2, 0) is 4.74 Å². The van der Waals surface area contributed by atoms with Crippen LogP contribution in [0.25, 0.3) is 22.0 Å². The average molecular weight is 599 g/mol. The van der Waals surface area contributed by atoms with Crippen LogP contribution >= 0.6 is 0 Å². The zero-order chi connectivity index (χ0) is 31.3. The van der Waals surface area contributed by atoms with Crippen molar-refractivity contribution in [2.24, 2.45) is 0 Å². The summed E-state index contributed by atoms with van der Waals surface area (Å²) in [4.78, 5) is 28.2. The van der Waals surface area contributed by atoms with Gasteiger partial charge in [-0.05, 0) is 76.8 Å². The average Bonchev–Trinajstić information content (AvgIpc) is 3.01. The Hall–Kier alpha value is -4.44. The van der Waals surface area contributed by atoms with E-state index in [0.29, 0.717) is 49.3 Å². The van der Waals surface area contributed by atoms with Crippen molar-refractivity contribution in [1.82, 2.24) is 19.9 Å². The minimum Gasteiger partial charge on any atom is -0.444 e. The normalized spacial score (nSPS) is 16.0. The number of likely N-dealkylation sites (tertiary alicyclic amines) is 1. The molecule has 0 saturated carbocycles. The van der Waals surface area contributed by atoms with E-state index in [9.17, 15) is 9.90 Å². The second-order valence-corrected chi connectivity index (χ2v) is 12.2. The summed E-state index contributed by atoms with van der Waals surface area (Å²) in [5, 5.41) is 18.8. The molecule has 4 aromatic rings. The lowest BCUT2D eigenvalue weighted by Gasteiger charge is -2.34. The molecule has 1 saturated heterocycles. The molecule has 44 heavy (non-hydrogen) atoms. The predicted molar refractivity (Wildman–Crippen MR) is 173 cm³/mol. The van der Waals surface area contributed by atoms with Gasteiger partial charge in [-0.1, -0.05) is 31.2 Å². The molecular formula is C34H42N6O4. The highest BCUT2D eigenvalue weighted by Gasteiger charge is 2.28. The number of aliphatic hydroxyl groups excluding tert-OH is 1. The summed E-state index contributed by atoms with van der Waals surface area (Å²) in [5.74, 6) is 1.61. The highest BCUT2D eigenvalue weighted by Crippen LogP contribution is 2.38. The van der Waals surface area contributed by atoms with Crippen LogP contribution in [0.2, 0.25) is 0 Å². The number of nitrogens with zero attached hydrogens (tertiary/aromatic N) is 4. The van der Waals surface area contributed by atoms with E-state index in [1.807, 2.05) is 77.1 Å². The maximum absolute atomic E-state index is 12.6. The molecule has 2 aromatic heterocycles. The smallest absolute Gasteiger partial charge is 0.410 e. The van der Waals surface area contributed by atoms with Crippen LogP contribution in [0.3, 0.4) is 0 Å². The number of ether oxygens (including phenoxy) is 2. The number of pyridine rings is 1. The number of fused-ring (bicyclic) bond motifs is 1. The molecule has 3 heterocycles. The first kappa shape index (κ1) is 31.0. The number of amides is 1. The number of carbonyl (C=O) groups is 1. The maximum atomic E-state index is 12.6. The summed E-state index contributed by atoms with van der Waals surface area (Å²) >= 11 is 0. The quantitative estimate of drug-likeness (QED) is 0.191. The summed E-state index contributed by atoms with van der Waals surface area (Å²) < 4.78 is 12.1. The van der Waals surface area contributed by atoms with E-state index in [4.69, 9.17) is 14.5 Å². The molecule has 5 rings (SSSR count). The van der Waals surface area contributed by atoms with Crippen LogP contribution in [-0.4, -0.2) is 68.4 Å². The largest absolute Gasteiger partial charge is 0.444 e. The summed E-state index contributed by atoms with van der Waals surface area (Å²) in [6.45, 7) is 11.2. The molecule has 10 heteroatoms. The van der Waals surface area contributed by atoms with Gasteiger partial charge in [0.1, 0.15) is 11.4 Å². The van der Waals surface area contributed by atoms with E-state index in [1.165, 1.54) is 0 Å². The standard InChI is InChI=1S/C34H42N6O4/c1-6-24(41)20-37-28-13-7-11-26-25(28)15-14-22(2)30(26)43-31-27(12-8-17-35-31)29-16-18-36-32(39-29)38-23-10-9-19-40(21-23)33(42)44-34(3,4)5/h7-8,11-18,23-24,37,41H,6,9-10,19-21H2,1-5H3,(H,36,38,39)/t23-,24+/m0/s1. The Bertz CT molecular complexity index is 1600. The van der Waals surface area contributed by atoms with E-state index in [-0.39, 0.29) is 12.1 Å². The Kier molecular flexibility index (Phi) is 9.49. The van der Waals surface area contributed by atoms with E-state index in [2.05, 4.69) is 26.7 Å². The van der Waals surface area contributed by atoms with Crippen LogP contribution in [0, 0.1) is 6.92 Å². The Morgan fingerprint density at radius 3 is 2.73 bits per heavy atom. The van der Waals surface area contributed by atoms with Crippen molar-refractivity contribution in [1.29, 1.82) is 0 Å². The van der Waals surface area contributed by atoms with Gasteiger partial charge in [-0.3, -0.25) is 0 Å². The molecule has 1 aliphatic heterocycles. The predicted octanol–water partition coefficient (Wildman–Crippen LogP) is 6.79. The van der Waals surface area contributed by atoms with E-state index < -0.39 is 11.7 Å². The molecule has 1 amide bonds. The minimum absolute atomic E-state index is 0.00397. The molecule has 0 bridgehead atoms. The lowest BCUT2D eigenvalue weighted by molar-refractivity contribution is 0.0206. The Labute approximate surface area is 258 Å². The fourth-order valence-electron chi connectivity index (χ4n) is 5.21. The van der Waals surface area contributed by atoms with Crippen molar-refractivity contribution < 1.29 is 19.4 Å². The van der Waals surface area contributed by atoms with Gasteiger partial charge in [0.15, 0.2) is 0 Å². The lowest BCUT2D eigenvalue weighted by atomic mass is 10.0. The van der Waals surface area contributed by atoms with Gasteiger partial charge in [-0.15, -0.1) is 0 Å². The van der Waals surface area contributed by atoms with Gasteiger partial charge in [0.25, 0.3) is 0 Å². The van der Waals surface area contributed by atoms with Crippen LogP contribution in [0.4, 0.5) is 16.4 Å². The summed E-state index contributed by atoms with van der Waals surface area (Å²) in [6.07, 6.45) is 5.12.